The predicted molar refractivity (Wildman–Crippen MR) is 145 cm³/mol. The molecule has 2 heterocycles. The van der Waals surface area contributed by atoms with Crippen LogP contribution in [0, 0.1) is 12.7 Å². The van der Waals surface area contributed by atoms with Crippen molar-refractivity contribution in [3.8, 4) is 0 Å². The number of likely N-dealkylation sites (tertiary alicyclic amines) is 2. The molecule has 0 aromatic heterocycles. The highest BCUT2D eigenvalue weighted by atomic mass is 35.5. The largest absolute Gasteiger partial charge is 0.416 e. The van der Waals surface area contributed by atoms with Crippen molar-refractivity contribution in [1.82, 2.24) is 14.7 Å². The number of carbonyl (C=O) groups excluding carboxylic acids is 2. The predicted octanol–water partition coefficient (Wildman–Crippen LogP) is 6.53. The molecule has 42 heavy (non-hydrogen) atoms. The van der Waals surface area contributed by atoms with Gasteiger partial charge in [0.1, 0.15) is 5.82 Å². The Kier molecular flexibility index (Phi) is 10.2. The molecule has 2 unspecified atom stereocenters. The molecule has 2 fully saturated rings. The van der Waals surface area contributed by atoms with E-state index in [4.69, 9.17) is 0 Å². The average Bonchev–Trinajstić information content (AvgIpc) is 2.92. The van der Waals surface area contributed by atoms with Crippen LogP contribution in [0.15, 0.2) is 36.4 Å². The van der Waals surface area contributed by atoms with Crippen molar-refractivity contribution in [2.24, 2.45) is 0 Å². The summed E-state index contributed by atoms with van der Waals surface area (Å²) < 4.78 is 94.8. The van der Waals surface area contributed by atoms with E-state index in [0.29, 0.717) is 50.3 Å². The Hall–Kier alpha value is -2.86. The molecule has 0 radical (unpaired) electrons. The standard InChI is InChI=1S/C29H32F7N3O2.ClH/c1-17-12-19(4-5-25(17)30)24-16-39(23-6-9-38(10-7-23)18(2)40)11-8-26(24)37(3)27(41)20-13-21(28(31,32)33)15-22(14-20)29(34,35)36;/h4-5,12-15,23-24,26H,6-11,16H2,1-3H3;1H. The van der Waals surface area contributed by atoms with Gasteiger partial charge in [-0.25, -0.2) is 4.39 Å². The summed E-state index contributed by atoms with van der Waals surface area (Å²) in [5.74, 6) is -1.75. The summed E-state index contributed by atoms with van der Waals surface area (Å²) in [6.07, 6.45) is -8.25. The van der Waals surface area contributed by atoms with Gasteiger partial charge >= 0.3 is 12.4 Å². The topological polar surface area (TPSA) is 43.9 Å². The van der Waals surface area contributed by atoms with Crippen molar-refractivity contribution in [2.75, 3.05) is 33.2 Å². The number of benzene rings is 2. The first kappa shape index (κ1) is 33.6. The number of hydrogen-bond acceptors (Lipinski definition) is 3. The molecule has 0 spiro atoms. The highest BCUT2D eigenvalue weighted by Crippen LogP contribution is 2.38. The molecule has 2 saturated heterocycles. The molecule has 0 bridgehead atoms. The number of carbonyl (C=O) groups is 2. The molecule has 2 atom stereocenters. The molecule has 2 aliphatic heterocycles. The number of rotatable bonds is 4. The number of halogens is 8. The molecule has 2 amide bonds. The second-order valence-electron chi connectivity index (χ2n) is 10.9. The number of alkyl halides is 6. The summed E-state index contributed by atoms with van der Waals surface area (Å²) in [4.78, 5) is 30.5. The van der Waals surface area contributed by atoms with E-state index >= 15 is 0 Å². The van der Waals surface area contributed by atoms with Crippen molar-refractivity contribution in [2.45, 2.75) is 63.5 Å². The number of nitrogens with zero attached hydrogens (tertiary/aromatic N) is 3. The van der Waals surface area contributed by atoms with Gasteiger partial charge in [0.2, 0.25) is 5.91 Å². The van der Waals surface area contributed by atoms with Crippen LogP contribution >= 0.6 is 12.4 Å². The summed E-state index contributed by atoms with van der Waals surface area (Å²) >= 11 is 0. The second kappa shape index (κ2) is 12.8. The first-order valence-electron chi connectivity index (χ1n) is 13.4. The smallest absolute Gasteiger partial charge is 0.343 e. The molecular weight excluding hydrogens is 591 g/mol. The van der Waals surface area contributed by atoms with Crippen molar-refractivity contribution >= 4 is 24.2 Å². The van der Waals surface area contributed by atoms with E-state index in [-0.39, 0.29) is 36.3 Å². The molecular formula is C29H33ClF7N3O2. The van der Waals surface area contributed by atoms with Gasteiger partial charge < -0.3 is 9.80 Å². The molecule has 2 aromatic carbocycles. The van der Waals surface area contributed by atoms with Crippen LogP contribution in [0.1, 0.15) is 64.7 Å². The number of hydrogen-bond donors (Lipinski definition) is 0. The summed E-state index contributed by atoms with van der Waals surface area (Å²) in [6.45, 7) is 5.33. The zero-order valence-electron chi connectivity index (χ0n) is 23.4. The average molecular weight is 624 g/mol. The molecule has 4 rings (SSSR count). The van der Waals surface area contributed by atoms with Gasteiger partial charge in [0, 0.05) is 63.7 Å². The Bertz CT molecular complexity index is 1260. The Labute approximate surface area is 246 Å². The van der Waals surface area contributed by atoms with Crippen molar-refractivity contribution < 1.29 is 40.3 Å². The van der Waals surface area contributed by atoms with E-state index in [1.54, 1.807) is 24.0 Å². The molecule has 2 aliphatic rings. The van der Waals surface area contributed by atoms with E-state index in [1.807, 2.05) is 0 Å². The SMILES string of the molecule is CC(=O)N1CCC(N2CCC(N(C)C(=O)c3cc(C(F)(F)F)cc(C(F)(F)F)c3)C(c3ccc(F)c(C)c3)C2)CC1.Cl. The van der Waals surface area contributed by atoms with Gasteiger partial charge in [0.25, 0.3) is 5.91 Å². The molecule has 0 N–H and O–H groups in total. The van der Waals surface area contributed by atoms with Crippen molar-refractivity contribution in [3.05, 3.63) is 70.0 Å². The summed E-state index contributed by atoms with van der Waals surface area (Å²) in [5.41, 5.74) is -2.71. The minimum Gasteiger partial charge on any atom is -0.343 e. The van der Waals surface area contributed by atoms with Gasteiger partial charge in [-0.05, 0) is 61.6 Å². The number of likely N-dealkylation sites (N-methyl/N-ethyl adjacent to an activating group) is 1. The summed E-state index contributed by atoms with van der Waals surface area (Å²) in [5, 5.41) is 0. The van der Waals surface area contributed by atoms with Gasteiger partial charge in [-0.1, -0.05) is 12.1 Å². The third-order valence-electron chi connectivity index (χ3n) is 8.30. The van der Waals surface area contributed by atoms with Crippen LogP contribution in [0.25, 0.3) is 0 Å². The maximum Gasteiger partial charge on any atom is 0.416 e. The summed E-state index contributed by atoms with van der Waals surface area (Å²) in [7, 11) is 1.38. The lowest BCUT2D eigenvalue weighted by molar-refractivity contribution is -0.143. The molecule has 232 valence electrons. The lowest BCUT2D eigenvalue weighted by atomic mass is 9.83. The van der Waals surface area contributed by atoms with Crippen LogP contribution in [0.4, 0.5) is 30.7 Å². The Balaban J connectivity index is 0.00000484. The van der Waals surface area contributed by atoms with Gasteiger partial charge in [0.15, 0.2) is 0 Å². The monoisotopic (exact) mass is 623 g/mol. The third-order valence-corrected chi connectivity index (χ3v) is 8.30. The first-order valence-corrected chi connectivity index (χ1v) is 13.4. The van der Waals surface area contributed by atoms with Crippen LogP contribution in [0.2, 0.25) is 0 Å². The van der Waals surface area contributed by atoms with Gasteiger partial charge in [-0.3, -0.25) is 14.5 Å². The van der Waals surface area contributed by atoms with Crippen LogP contribution < -0.4 is 0 Å². The fraction of sp³-hybridized carbons (Fsp3) is 0.517. The Morgan fingerprint density at radius 1 is 0.881 bits per heavy atom. The Morgan fingerprint density at radius 2 is 1.45 bits per heavy atom. The quantitative estimate of drug-likeness (QED) is 0.364. The normalized spacial score (nSPS) is 20.7. The van der Waals surface area contributed by atoms with E-state index in [2.05, 4.69) is 4.90 Å². The minimum absolute atomic E-state index is 0. The fourth-order valence-corrected chi connectivity index (χ4v) is 5.96. The molecule has 13 heteroatoms. The van der Waals surface area contributed by atoms with E-state index in [1.165, 1.54) is 24.9 Å². The lowest BCUT2D eigenvalue weighted by Gasteiger charge is -2.47. The summed E-state index contributed by atoms with van der Waals surface area (Å²) in [6, 6.07) is 5.07. The third kappa shape index (κ3) is 7.37. The van der Waals surface area contributed by atoms with Crippen LogP contribution in [0.3, 0.4) is 0 Å². The second-order valence-corrected chi connectivity index (χ2v) is 10.9. The van der Waals surface area contributed by atoms with Gasteiger partial charge in [-0.15, -0.1) is 12.4 Å². The highest BCUT2D eigenvalue weighted by Gasteiger charge is 2.41. The molecule has 0 saturated carbocycles. The maximum atomic E-state index is 14.1. The molecule has 2 aromatic rings. The molecule has 5 nitrogen and oxygen atoms in total. The van der Waals surface area contributed by atoms with E-state index in [0.717, 1.165) is 18.4 Å². The van der Waals surface area contributed by atoms with Crippen LogP contribution in [-0.4, -0.2) is 71.8 Å². The van der Waals surface area contributed by atoms with Gasteiger partial charge in [0.05, 0.1) is 11.1 Å². The van der Waals surface area contributed by atoms with Crippen molar-refractivity contribution in [1.29, 1.82) is 0 Å². The number of aryl methyl sites for hydroxylation is 1. The van der Waals surface area contributed by atoms with Crippen LogP contribution in [0.5, 0.6) is 0 Å². The lowest BCUT2D eigenvalue weighted by Crippen LogP contribution is -2.55. The van der Waals surface area contributed by atoms with Gasteiger partial charge in [-0.2, -0.15) is 26.3 Å². The van der Waals surface area contributed by atoms with E-state index in [9.17, 15) is 40.3 Å². The maximum absolute atomic E-state index is 14.1. The first-order chi connectivity index (χ1) is 19.1. The number of piperidine rings is 2. The number of amides is 2. The Morgan fingerprint density at radius 3 is 1.95 bits per heavy atom. The van der Waals surface area contributed by atoms with Crippen molar-refractivity contribution in [3.63, 3.8) is 0 Å². The van der Waals surface area contributed by atoms with Crippen LogP contribution in [-0.2, 0) is 17.1 Å². The zero-order chi connectivity index (χ0) is 30.3. The highest BCUT2D eigenvalue weighted by molar-refractivity contribution is 5.95. The zero-order valence-corrected chi connectivity index (χ0v) is 24.2. The fourth-order valence-electron chi connectivity index (χ4n) is 5.96. The molecule has 0 aliphatic carbocycles. The minimum atomic E-state index is -5.08. The van der Waals surface area contributed by atoms with E-state index < -0.39 is 46.8 Å².